The molecule has 0 amide bonds. The fourth-order valence-electron chi connectivity index (χ4n) is 4.02. The summed E-state index contributed by atoms with van der Waals surface area (Å²) >= 11 is 1.92. The smallest absolute Gasteiger partial charge is 0.0705 e. The van der Waals surface area contributed by atoms with Crippen LogP contribution in [0.4, 0.5) is 0 Å². The van der Waals surface area contributed by atoms with Crippen LogP contribution in [0.3, 0.4) is 0 Å². The van der Waals surface area contributed by atoms with E-state index in [0.717, 1.165) is 41.9 Å². The Kier molecular flexibility index (Phi) is 6.98. The Labute approximate surface area is 183 Å². The Morgan fingerprint density at radius 2 is 1.30 bits per heavy atom. The maximum Gasteiger partial charge on any atom is 0.0705 e. The van der Waals surface area contributed by atoms with Gasteiger partial charge in [-0.05, 0) is 49.1 Å². The average Bonchev–Trinajstić information content (AvgIpc) is 2.79. The van der Waals surface area contributed by atoms with Crippen LogP contribution in [0.1, 0.15) is 31.2 Å². The van der Waals surface area contributed by atoms with Crippen LogP contribution < -0.4 is 0 Å². The number of nitrogens with zero attached hydrogens (tertiary/aromatic N) is 3. The molecular weight excluding hydrogens is 386 g/mol. The third kappa shape index (κ3) is 5.00. The lowest BCUT2D eigenvalue weighted by Gasteiger charge is -2.31. The van der Waals surface area contributed by atoms with Gasteiger partial charge in [-0.1, -0.05) is 55.5 Å². The predicted molar refractivity (Wildman–Crippen MR) is 130 cm³/mol. The van der Waals surface area contributed by atoms with Crippen LogP contribution in [0.15, 0.2) is 72.8 Å². The van der Waals surface area contributed by atoms with Crippen LogP contribution in [0, 0.1) is 0 Å². The van der Waals surface area contributed by atoms with E-state index in [2.05, 4.69) is 90.9 Å². The number of para-hydroxylation sites is 2. The normalized spacial score (nSPS) is 12.6. The van der Waals surface area contributed by atoms with E-state index >= 15 is 0 Å². The molecule has 0 spiro atoms. The van der Waals surface area contributed by atoms with Crippen molar-refractivity contribution < 1.29 is 0 Å². The zero-order valence-corrected chi connectivity index (χ0v) is 18.6. The molecule has 1 atom stereocenters. The summed E-state index contributed by atoms with van der Waals surface area (Å²) in [5.41, 5.74) is 4.38. The molecule has 0 unspecified atom stereocenters. The van der Waals surface area contributed by atoms with Gasteiger partial charge >= 0.3 is 0 Å². The summed E-state index contributed by atoms with van der Waals surface area (Å²) in [4.78, 5) is 12.4. The highest BCUT2D eigenvalue weighted by molar-refractivity contribution is 7.98. The van der Waals surface area contributed by atoms with Gasteiger partial charge in [0.2, 0.25) is 0 Å². The van der Waals surface area contributed by atoms with Crippen LogP contribution >= 0.6 is 11.8 Å². The fraction of sp³-hybridized carbons (Fsp3) is 0.308. The summed E-state index contributed by atoms with van der Waals surface area (Å²) in [5.74, 6) is 1.17. The van der Waals surface area contributed by atoms with Gasteiger partial charge in [0.25, 0.3) is 0 Å². The van der Waals surface area contributed by atoms with Crippen LogP contribution in [0.25, 0.3) is 21.8 Å². The molecule has 0 aliphatic rings. The van der Waals surface area contributed by atoms with Gasteiger partial charge in [-0.2, -0.15) is 11.8 Å². The number of aromatic nitrogens is 2. The summed E-state index contributed by atoms with van der Waals surface area (Å²) in [6.07, 6.45) is 4.49. The Morgan fingerprint density at radius 3 is 1.80 bits per heavy atom. The maximum atomic E-state index is 4.94. The molecule has 4 rings (SSSR count). The van der Waals surface area contributed by atoms with Gasteiger partial charge in [0, 0.05) is 29.9 Å². The SMILES string of the molecule is CC[C@H](CCSC)N(Cc1ccc2ccccc2n1)Cc1ccc2ccccc2n1. The molecule has 0 bridgehead atoms. The number of fused-ring (bicyclic) bond motifs is 2. The highest BCUT2D eigenvalue weighted by Gasteiger charge is 2.19. The van der Waals surface area contributed by atoms with Crippen molar-refractivity contribution in [2.75, 3.05) is 12.0 Å². The summed E-state index contributed by atoms with van der Waals surface area (Å²) in [6.45, 7) is 3.97. The molecule has 4 heteroatoms. The molecule has 30 heavy (non-hydrogen) atoms. The van der Waals surface area contributed by atoms with Gasteiger partial charge in [0.15, 0.2) is 0 Å². The monoisotopic (exact) mass is 415 g/mol. The molecule has 2 heterocycles. The van der Waals surface area contributed by atoms with Crippen molar-refractivity contribution >= 4 is 33.6 Å². The Bertz CT molecular complexity index is 1030. The van der Waals surface area contributed by atoms with E-state index in [0.29, 0.717) is 6.04 Å². The zero-order valence-electron chi connectivity index (χ0n) is 17.8. The number of benzene rings is 2. The molecule has 0 aliphatic heterocycles. The molecule has 0 radical (unpaired) electrons. The van der Waals surface area contributed by atoms with Gasteiger partial charge in [0.1, 0.15) is 0 Å². The second-order valence-electron chi connectivity index (χ2n) is 7.74. The lowest BCUT2D eigenvalue weighted by Crippen LogP contribution is -2.35. The summed E-state index contributed by atoms with van der Waals surface area (Å²) in [5, 5.41) is 2.39. The highest BCUT2D eigenvalue weighted by atomic mass is 32.2. The Balaban J connectivity index is 1.61. The fourth-order valence-corrected chi connectivity index (χ4v) is 4.53. The molecular formula is C26H29N3S. The van der Waals surface area contributed by atoms with Crippen molar-refractivity contribution in [1.29, 1.82) is 0 Å². The largest absolute Gasteiger partial charge is 0.289 e. The molecule has 154 valence electrons. The van der Waals surface area contributed by atoms with E-state index in [4.69, 9.17) is 9.97 Å². The van der Waals surface area contributed by atoms with Gasteiger partial charge in [-0.15, -0.1) is 0 Å². The number of hydrogen-bond acceptors (Lipinski definition) is 4. The Hall–Kier alpha value is -2.43. The lowest BCUT2D eigenvalue weighted by atomic mass is 10.1. The van der Waals surface area contributed by atoms with E-state index in [1.165, 1.54) is 22.9 Å². The second kappa shape index (κ2) is 10.1. The standard InChI is InChI=1S/C26H29N3S/c1-3-24(16-17-30-2)29(18-22-14-12-20-8-4-6-10-25(20)27-22)19-23-15-13-21-9-5-7-11-26(21)28-23/h4-15,24H,3,16-19H2,1-2H3/t24-/m1/s1. The van der Waals surface area contributed by atoms with Crippen molar-refractivity contribution in [1.82, 2.24) is 14.9 Å². The van der Waals surface area contributed by atoms with E-state index in [1.807, 2.05) is 11.8 Å². The quantitative estimate of drug-likeness (QED) is 0.320. The highest BCUT2D eigenvalue weighted by Crippen LogP contribution is 2.21. The molecule has 0 N–H and O–H groups in total. The first-order valence-corrected chi connectivity index (χ1v) is 12.1. The minimum absolute atomic E-state index is 0.513. The van der Waals surface area contributed by atoms with E-state index in [9.17, 15) is 0 Å². The van der Waals surface area contributed by atoms with Crippen molar-refractivity contribution in [3.8, 4) is 0 Å². The first kappa shape index (κ1) is 20.8. The van der Waals surface area contributed by atoms with Crippen molar-refractivity contribution in [2.24, 2.45) is 0 Å². The molecule has 0 fully saturated rings. The number of pyridine rings is 2. The van der Waals surface area contributed by atoms with Crippen LogP contribution in [0.2, 0.25) is 0 Å². The van der Waals surface area contributed by atoms with Gasteiger partial charge in [0.05, 0.1) is 22.4 Å². The first-order valence-electron chi connectivity index (χ1n) is 10.7. The minimum Gasteiger partial charge on any atom is -0.289 e. The van der Waals surface area contributed by atoms with Crippen LogP contribution in [-0.4, -0.2) is 32.9 Å². The van der Waals surface area contributed by atoms with Crippen molar-refractivity contribution in [2.45, 2.75) is 38.9 Å². The van der Waals surface area contributed by atoms with Gasteiger partial charge in [-0.25, -0.2) is 0 Å². The van der Waals surface area contributed by atoms with E-state index < -0.39 is 0 Å². The van der Waals surface area contributed by atoms with Crippen LogP contribution in [0.5, 0.6) is 0 Å². The predicted octanol–water partition coefficient (Wildman–Crippen LogP) is 6.32. The lowest BCUT2D eigenvalue weighted by molar-refractivity contribution is 0.165. The van der Waals surface area contributed by atoms with Gasteiger partial charge in [-0.3, -0.25) is 14.9 Å². The van der Waals surface area contributed by atoms with E-state index in [1.54, 1.807) is 0 Å². The Morgan fingerprint density at radius 1 is 0.767 bits per heavy atom. The second-order valence-corrected chi connectivity index (χ2v) is 8.72. The van der Waals surface area contributed by atoms with Crippen LogP contribution in [-0.2, 0) is 13.1 Å². The summed E-state index contributed by atoms with van der Waals surface area (Å²) in [6, 6.07) is 25.9. The molecule has 2 aromatic heterocycles. The molecule has 0 aliphatic carbocycles. The maximum absolute atomic E-state index is 4.94. The third-order valence-electron chi connectivity index (χ3n) is 5.69. The first-order chi connectivity index (χ1) is 14.8. The average molecular weight is 416 g/mol. The van der Waals surface area contributed by atoms with Crippen molar-refractivity contribution in [3.05, 3.63) is 84.2 Å². The topological polar surface area (TPSA) is 29.0 Å². The number of hydrogen-bond donors (Lipinski definition) is 0. The zero-order chi connectivity index (χ0) is 20.8. The number of rotatable bonds is 9. The third-order valence-corrected chi connectivity index (χ3v) is 6.33. The van der Waals surface area contributed by atoms with E-state index in [-0.39, 0.29) is 0 Å². The van der Waals surface area contributed by atoms with Crippen molar-refractivity contribution in [3.63, 3.8) is 0 Å². The number of thioether (sulfide) groups is 1. The summed E-state index contributed by atoms with van der Waals surface area (Å²) in [7, 11) is 0. The molecule has 2 aromatic carbocycles. The summed E-state index contributed by atoms with van der Waals surface area (Å²) < 4.78 is 0. The molecule has 0 saturated carbocycles. The molecule has 4 aromatic rings. The molecule has 3 nitrogen and oxygen atoms in total. The minimum atomic E-state index is 0.513. The van der Waals surface area contributed by atoms with Gasteiger partial charge < -0.3 is 0 Å². The molecule has 0 saturated heterocycles.